The van der Waals surface area contributed by atoms with Crippen molar-refractivity contribution in [2.24, 2.45) is 5.41 Å². The highest BCUT2D eigenvalue weighted by molar-refractivity contribution is 5.84. The molecule has 1 amide bonds. The average molecular weight is 294 g/mol. The molecule has 0 radical (unpaired) electrons. The van der Waals surface area contributed by atoms with E-state index in [4.69, 9.17) is 0 Å². The zero-order chi connectivity index (χ0) is 14.8. The summed E-state index contributed by atoms with van der Waals surface area (Å²) < 4.78 is 36.5. The molecule has 0 aromatic carbocycles. The molecular weight excluding hydrogens is 273 g/mol. The molecular formula is C13H21F3N2O2. The van der Waals surface area contributed by atoms with Crippen LogP contribution in [-0.4, -0.2) is 54.4 Å². The fourth-order valence-electron chi connectivity index (χ4n) is 3.22. The number of alkyl halides is 3. The van der Waals surface area contributed by atoms with Gasteiger partial charge in [0.25, 0.3) is 0 Å². The number of halogens is 3. The van der Waals surface area contributed by atoms with Gasteiger partial charge >= 0.3 is 6.18 Å². The Labute approximate surface area is 116 Å². The van der Waals surface area contributed by atoms with Gasteiger partial charge in [-0.1, -0.05) is 0 Å². The molecule has 1 spiro atoms. The van der Waals surface area contributed by atoms with E-state index in [1.165, 1.54) is 0 Å². The number of amides is 1. The summed E-state index contributed by atoms with van der Waals surface area (Å²) in [6.45, 7) is 1.84. The van der Waals surface area contributed by atoms with Crippen LogP contribution in [0.4, 0.5) is 13.2 Å². The van der Waals surface area contributed by atoms with Crippen molar-refractivity contribution in [3.63, 3.8) is 0 Å². The number of nitrogens with zero attached hydrogens (tertiary/aromatic N) is 1. The van der Waals surface area contributed by atoms with E-state index < -0.39 is 24.1 Å². The van der Waals surface area contributed by atoms with Crippen molar-refractivity contribution >= 4 is 5.91 Å². The van der Waals surface area contributed by atoms with E-state index in [9.17, 15) is 23.1 Å². The minimum atomic E-state index is -4.13. The van der Waals surface area contributed by atoms with Gasteiger partial charge in [0, 0.05) is 26.1 Å². The van der Waals surface area contributed by atoms with Gasteiger partial charge < -0.3 is 15.3 Å². The van der Waals surface area contributed by atoms with E-state index in [1.807, 2.05) is 4.90 Å². The second-order valence-electron chi connectivity index (χ2n) is 5.81. The lowest BCUT2D eigenvalue weighted by atomic mass is 9.71. The molecule has 4 nitrogen and oxygen atoms in total. The average Bonchev–Trinajstić information content (AvgIpc) is 2.36. The van der Waals surface area contributed by atoms with Crippen LogP contribution in [0.25, 0.3) is 0 Å². The number of carbonyl (C=O) groups excluding carboxylic acids is 1. The first-order valence-electron chi connectivity index (χ1n) is 7.09. The summed E-state index contributed by atoms with van der Waals surface area (Å²) >= 11 is 0. The van der Waals surface area contributed by atoms with E-state index >= 15 is 0 Å². The lowest BCUT2D eigenvalue weighted by molar-refractivity contribution is -0.151. The molecule has 0 unspecified atom stereocenters. The molecule has 0 bridgehead atoms. The first-order chi connectivity index (χ1) is 9.33. The summed E-state index contributed by atoms with van der Waals surface area (Å²) in [5.41, 5.74) is -0.825. The van der Waals surface area contributed by atoms with Crippen LogP contribution in [-0.2, 0) is 4.79 Å². The molecule has 2 fully saturated rings. The lowest BCUT2D eigenvalue weighted by Gasteiger charge is -2.47. The largest absolute Gasteiger partial charge is 0.392 e. The number of piperidine rings is 2. The van der Waals surface area contributed by atoms with Crippen molar-refractivity contribution in [3.8, 4) is 0 Å². The van der Waals surface area contributed by atoms with Crippen LogP contribution in [0, 0.1) is 5.41 Å². The summed E-state index contributed by atoms with van der Waals surface area (Å²) in [6.07, 6.45) is -3.73. The van der Waals surface area contributed by atoms with Crippen molar-refractivity contribution in [3.05, 3.63) is 0 Å². The molecule has 2 saturated heterocycles. The van der Waals surface area contributed by atoms with Gasteiger partial charge in [0.15, 0.2) is 0 Å². The maximum atomic E-state index is 12.2. The van der Waals surface area contributed by atoms with Crippen LogP contribution in [0.1, 0.15) is 32.1 Å². The summed E-state index contributed by atoms with van der Waals surface area (Å²) in [4.78, 5) is 14.0. The van der Waals surface area contributed by atoms with Crippen molar-refractivity contribution in [2.45, 2.75) is 44.4 Å². The molecule has 2 N–H and O–H groups in total. The number of nitrogens with one attached hydrogen (secondary N) is 1. The minimum absolute atomic E-state index is 0.0390. The molecule has 2 heterocycles. The third-order valence-corrected chi connectivity index (χ3v) is 4.33. The third-order valence-electron chi connectivity index (χ3n) is 4.33. The second-order valence-corrected chi connectivity index (χ2v) is 5.81. The van der Waals surface area contributed by atoms with E-state index in [-0.39, 0.29) is 12.3 Å². The molecule has 0 aromatic rings. The van der Waals surface area contributed by atoms with Gasteiger partial charge in [-0.15, -0.1) is 0 Å². The smallest absolute Gasteiger partial charge is 0.389 e. The fourth-order valence-corrected chi connectivity index (χ4v) is 3.22. The molecule has 2 aliphatic rings. The Morgan fingerprint density at radius 3 is 2.85 bits per heavy atom. The van der Waals surface area contributed by atoms with Gasteiger partial charge in [-0.05, 0) is 32.2 Å². The normalized spacial score (nSPS) is 32.4. The Hall–Kier alpha value is -0.820. The second kappa shape index (κ2) is 5.89. The van der Waals surface area contributed by atoms with Crippen LogP contribution < -0.4 is 5.32 Å². The number of hydrogen-bond acceptors (Lipinski definition) is 3. The maximum absolute atomic E-state index is 12.2. The zero-order valence-corrected chi connectivity index (χ0v) is 11.4. The molecule has 116 valence electrons. The lowest BCUT2D eigenvalue weighted by Crippen LogP contribution is -2.61. The number of aliphatic hydroxyl groups is 1. The van der Waals surface area contributed by atoms with Gasteiger partial charge in [0.1, 0.15) is 0 Å². The van der Waals surface area contributed by atoms with Crippen LogP contribution in [0.15, 0.2) is 0 Å². The zero-order valence-electron chi connectivity index (χ0n) is 11.4. The summed E-state index contributed by atoms with van der Waals surface area (Å²) in [7, 11) is 0. The van der Waals surface area contributed by atoms with Crippen molar-refractivity contribution in [1.82, 2.24) is 10.2 Å². The molecule has 0 aromatic heterocycles. The van der Waals surface area contributed by atoms with Crippen LogP contribution in [0.5, 0.6) is 0 Å². The van der Waals surface area contributed by atoms with Crippen LogP contribution in [0.2, 0.25) is 0 Å². The quantitative estimate of drug-likeness (QED) is 0.825. The fraction of sp³-hybridized carbons (Fsp3) is 0.923. The molecule has 2 aliphatic heterocycles. The molecule has 0 saturated carbocycles. The van der Waals surface area contributed by atoms with E-state index in [2.05, 4.69) is 5.32 Å². The van der Waals surface area contributed by atoms with Gasteiger partial charge in [0.05, 0.1) is 11.5 Å². The monoisotopic (exact) mass is 294 g/mol. The predicted octanol–water partition coefficient (Wildman–Crippen LogP) is 1.29. The van der Waals surface area contributed by atoms with Crippen molar-refractivity contribution in [2.75, 3.05) is 26.2 Å². The number of rotatable bonds is 3. The molecule has 0 aliphatic carbocycles. The number of carbonyl (C=O) groups is 1. The van der Waals surface area contributed by atoms with E-state index in [1.54, 1.807) is 0 Å². The van der Waals surface area contributed by atoms with Crippen LogP contribution >= 0.6 is 0 Å². The van der Waals surface area contributed by atoms with Gasteiger partial charge in [-0.25, -0.2) is 0 Å². The Kier molecular flexibility index (Phi) is 4.59. The number of likely N-dealkylation sites (tertiary alicyclic amines) is 1. The Morgan fingerprint density at radius 1 is 1.45 bits per heavy atom. The van der Waals surface area contributed by atoms with Gasteiger partial charge in [-0.2, -0.15) is 13.2 Å². The molecule has 20 heavy (non-hydrogen) atoms. The summed E-state index contributed by atoms with van der Waals surface area (Å²) in [5.74, 6) is -0.156. The number of aliphatic hydroxyl groups excluding tert-OH is 1. The Bertz CT molecular complexity index is 362. The van der Waals surface area contributed by atoms with Crippen LogP contribution in [0.3, 0.4) is 0 Å². The minimum Gasteiger partial charge on any atom is -0.392 e. The van der Waals surface area contributed by atoms with Crippen molar-refractivity contribution in [1.29, 1.82) is 0 Å². The first-order valence-corrected chi connectivity index (χ1v) is 7.09. The highest BCUT2D eigenvalue weighted by Crippen LogP contribution is 2.37. The summed E-state index contributed by atoms with van der Waals surface area (Å²) in [5, 5.41) is 12.9. The Balaban J connectivity index is 1.92. The van der Waals surface area contributed by atoms with Gasteiger partial charge in [0.2, 0.25) is 5.91 Å². The standard InChI is InChI=1S/C13H21F3N2O2/c14-13(15,16)5-2-7-18-8-3-10(19)12(9-18)4-1-6-17-11(12)20/h10,19H,1-9H2,(H,17,20)/t10-,12-/m1/s1. The van der Waals surface area contributed by atoms with Gasteiger partial charge in [-0.3, -0.25) is 4.79 Å². The topological polar surface area (TPSA) is 52.6 Å². The van der Waals surface area contributed by atoms with Crippen molar-refractivity contribution < 1.29 is 23.1 Å². The van der Waals surface area contributed by atoms with E-state index in [0.717, 1.165) is 6.42 Å². The summed E-state index contributed by atoms with van der Waals surface area (Å²) in [6, 6.07) is 0. The third kappa shape index (κ3) is 3.44. The SMILES string of the molecule is O=C1NCCC[C@]12CN(CCCC(F)(F)F)CC[C@H]2O. The highest BCUT2D eigenvalue weighted by atomic mass is 19.4. The molecule has 7 heteroatoms. The predicted molar refractivity (Wildman–Crippen MR) is 67.0 cm³/mol. The number of hydrogen-bond donors (Lipinski definition) is 2. The Morgan fingerprint density at radius 2 is 2.20 bits per heavy atom. The van der Waals surface area contributed by atoms with E-state index in [0.29, 0.717) is 39.0 Å². The maximum Gasteiger partial charge on any atom is 0.389 e. The molecule has 2 atom stereocenters. The first kappa shape index (κ1) is 15.6. The highest BCUT2D eigenvalue weighted by Gasteiger charge is 2.49. The molecule has 2 rings (SSSR count).